The Morgan fingerprint density at radius 3 is 3.00 bits per heavy atom. The van der Waals surface area contributed by atoms with Crippen molar-refractivity contribution < 1.29 is 9.47 Å². The SMILES string of the molecule is COc1ccccc1CC(N)CC1CCOC1. The van der Waals surface area contributed by atoms with E-state index in [0.717, 1.165) is 38.2 Å². The molecule has 1 aliphatic heterocycles. The first-order chi connectivity index (χ1) is 8.29. The minimum atomic E-state index is 0.193. The van der Waals surface area contributed by atoms with Crippen molar-refractivity contribution in [1.29, 1.82) is 0 Å². The van der Waals surface area contributed by atoms with Gasteiger partial charge in [-0.15, -0.1) is 0 Å². The van der Waals surface area contributed by atoms with Gasteiger partial charge in [0.25, 0.3) is 0 Å². The van der Waals surface area contributed by atoms with Crippen LogP contribution in [0.2, 0.25) is 0 Å². The average molecular weight is 235 g/mol. The third-order valence-electron chi connectivity index (χ3n) is 3.33. The van der Waals surface area contributed by atoms with Gasteiger partial charge in [0.2, 0.25) is 0 Å². The summed E-state index contributed by atoms with van der Waals surface area (Å²) in [6.45, 7) is 1.77. The Morgan fingerprint density at radius 1 is 1.47 bits per heavy atom. The number of benzene rings is 1. The predicted octanol–water partition coefficient (Wildman–Crippen LogP) is 1.99. The van der Waals surface area contributed by atoms with Crippen LogP contribution in [0.25, 0.3) is 0 Å². The molecule has 0 spiro atoms. The zero-order chi connectivity index (χ0) is 12.1. The highest BCUT2D eigenvalue weighted by Gasteiger charge is 2.19. The first-order valence-electron chi connectivity index (χ1n) is 6.25. The Kier molecular flexibility index (Phi) is 4.40. The molecule has 3 heteroatoms. The molecule has 1 aromatic rings. The Labute approximate surface area is 103 Å². The number of rotatable bonds is 5. The van der Waals surface area contributed by atoms with Gasteiger partial charge in [0.1, 0.15) is 5.75 Å². The molecule has 2 N–H and O–H groups in total. The summed E-state index contributed by atoms with van der Waals surface area (Å²) in [6.07, 6.45) is 3.07. The van der Waals surface area contributed by atoms with E-state index in [0.29, 0.717) is 5.92 Å². The molecular formula is C14H21NO2. The normalized spacial score (nSPS) is 21.4. The molecule has 0 saturated carbocycles. The molecule has 0 aliphatic carbocycles. The highest BCUT2D eigenvalue weighted by molar-refractivity contribution is 5.33. The monoisotopic (exact) mass is 235 g/mol. The molecule has 0 aromatic heterocycles. The van der Waals surface area contributed by atoms with Crippen LogP contribution in [0.3, 0.4) is 0 Å². The van der Waals surface area contributed by atoms with Gasteiger partial charge < -0.3 is 15.2 Å². The molecule has 1 saturated heterocycles. The summed E-state index contributed by atoms with van der Waals surface area (Å²) in [5, 5.41) is 0. The first kappa shape index (κ1) is 12.4. The largest absolute Gasteiger partial charge is 0.496 e. The molecule has 2 unspecified atom stereocenters. The fourth-order valence-corrected chi connectivity index (χ4v) is 2.43. The minimum Gasteiger partial charge on any atom is -0.496 e. The molecule has 2 rings (SSSR count). The van der Waals surface area contributed by atoms with Crippen molar-refractivity contribution in [2.75, 3.05) is 20.3 Å². The first-order valence-corrected chi connectivity index (χ1v) is 6.25. The van der Waals surface area contributed by atoms with Crippen LogP contribution in [0.5, 0.6) is 5.75 Å². The maximum Gasteiger partial charge on any atom is 0.122 e. The second kappa shape index (κ2) is 6.03. The molecule has 1 heterocycles. The third kappa shape index (κ3) is 3.45. The average Bonchev–Trinajstić information content (AvgIpc) is 2.82. The van der Waals surface area contributed by atoms with Crippen molar-refractivity contribution in [2.45, 2.75) is 25.3 Å². The number of hydrogen-bond donors (Lipinski definition) is 1. The van der Waals surface area contributed by atoms with Crippen molar-refractivity contribution in [1.82, 2.24) is 0 Å². The quantitative estimate of drug-likeness (QED) is 0.849. The molecule has 17 heavy (non-hydrogen) atoms. The molecule has 3 nitrogen and oxygen atoms in total. The van der Waals surface area contributed by atoms with Gasteiger partial charge in [-0.3, -0.25) is 0 Å². The fourth-order valence-electron chi connectivity index (χ4n) is 2.43. The van der Waals surface area contributed by atoms with Gasteiger partial charge >= 0.3 is 0 Å². The van der Waals surface area contributed by atoms with E-state index in [1.54, 1.807) is 7.11 Å². The van der Waals surface area contributed by atoms with E-state index in [1.807, 2.05) is 18.2 Å². The number of hydrogen-bond acceptors (Lipinski definition) is 3. The topological polar surface area (TPSA) is 44.5 Å². The Hall–Kier alpha value is -1.06. The summed E-state index contributed by atoms with van der Waals surface area (Å²) in [6, 6.07) is 8.28. The lowest BCUT2D eigenvalue weighted by molar-refractivity contribution is 0.182. The summed E-state index contributed by atoms with van der Waals surface area (Å²) >= 11 is 0. The van der Waals surface area contributed by atoms with Crippen LogP contribution < -0.4 is 10.5 Å². The van der Waals surface area contributed by atoms with Gasteiger partial charge in [0.05, 0.1) is 7.11 Å². The number of ether oxygens (including phenoxy) is 2. The van der Waals surface area contributed by atoms with E-state index < -0.39 is 0 Å². The Bertz CT molecular complexity index is 348. The van der Waals surface area contributed by atoms with Crippen LogP contribution in [0.15, 0.2) is 24.3 Å². The second-order valence-electron chi connectivity index (χ2n) is 4.74. The van der Waals surface area contributed by atoms with Crippen LogP contribution in [0.1, 0.15) is 18.4 Å². The molecule has 1 fully saturated rings. The molecule has 1 aromatic carbocycles. The van der Waals surface area contributed by atoms with Crippen molar-refractivity contribution >= 4 is 0 Å². The zero-order valence-electron chi connectivity index (χ0n) is 10.4. The molecule has 0 amide bonds. The number of methoxy groups -OCH3 is 1. The smallest absolute Gasteiger partial charge is 0.122 e. The van der Waals surface area contributed by atoms with Crippen LogP contribution in [0.4, 0.5) is 0 Å². The van der Waals surface area contributed by atoms with Crippen LogP contribution in [-0.2, 0) is 11.2 Å². The van der Waals surface area contributed by atoms with Crippen LogP contribution in [0, 0.1) is 5.92 Å². The predicted molar refractivity (Wildman–Crippen MR) is 68.2 cm³/mol. The lowest BCUT2D eigenvalue weighted by Gasteiger charge is -2.16. The third-order valence-corrected chi connectivity index (χ3v) is 3.33. The highest BCUT2D eigenvalue weighted by atomic mass is 16.5. The Morgan fingerprint density at radius 2 is 2.29 bits per heavy atom. The van der Waals surface area contributed by atoms with Crippen LogP contribution >= 0.6 is 0 Å². The number of nitrogens with two attached hydrogens (primary N) is 1. The molecule has 1 aliphatic rings. The standard InChI is InChI=1S/C14H21NO2/c1-16-14-5-3-2-4-12(14)9-13(15)8-11-6-7-17-10-11/h2-5,11,13H,6-10,15H2,1H3. The van der Waals surface area contributed by atoms with Crippen molar-refractivity contribution in [3.8, 4) is 5.75 Å². The van der Waals surface area contributed by atoms with E-state index in [-0.39, 0.29) is 6.04 Å². The van der Waals surface area contributed by atoms with Gasteiger partial charge in [0, 0.05) is 19.3 Å². The summed E-state index contributed by atoms with van der Waals surface area (Å²) in [7, 11) is 1.70. The molecule has 0 radical (unpaired) electrons. The zero-order valence-corrected chi connectivity index (χ0v) is 10.4. The number of para-hydroxylation sites is 1. The van der Waals surface area contributed by atoms with Gasteiger partial charge in [0.15, 0.2) is 0 Å². The molecule has 2 atom stereocenters. The lowest BCUT2D eigenvalue weighted by Crippen LogP contribution is -2.26. The van der Waals surface area contributed by atoms with E-state index in [1.165, 1.54) is 5.56 Å². The molecule has 94 valence electrons. The van der Waals surface area contributed by atoms with Gasteiger partial charge in [-0.1, -0.05) is 18.2 Å². The van der Waals surface area contributed by atoms with E-state index in [2.05, 4.69) is 6.07 Å². The summed E-state index contributed by atoms with van der Waals surface area (Å²) in [5.74, 6) is 1.57. The van der Waals surface area contributed by atoms with Gasteiger partial charge in [-0.05, 0) is 36.8 Å². The molecule has 0 bridgehead atoms. The van der Waals surface area contributed by atoms with E-state index in [9.17, 15) is 0 Å². The molecular weight excluding hydrogens is 214 g/mol. The maximum absolute atomic E-state index is 6.20. The van der Waals surface area contributed by atoms with E-state index >= 15 is 0 Å². The second-order valence-corrected chi connectivity index (χ2v) is 4.74. The summed E-state index contributed by atoms with van der Waals surface area (Å²) in [4.78, 5) is 0. The van der Waals surface area contributed by atoms with E-state index in [4.69, 9.17) is 15.2 Å². The summed E-state index contributed by atoms with van der Waals surface area (Å²) in [5.41, 5.74) is 7.39. The lowest BCUT2D eigenvalue weighted by atomic mass is 9.95. The maximum atomic E-state index is 6.20. The van der Waals surface area contributed by atoms with Crippen LogP contribution in [-0.4, -0.2) is 26.4 Å². The Balaban J connectivity index is 1.90. The van der Waals surface area contributed by atoms with Gasteiger partial charge in [-0.2, -0.15) is 0 Å². The van der Waals surface area contributed by atoms with Crippen molar-refractivity contribution in [3.63, 3.8) is 0 Å². The highest BCUT2D eigenvalue weighted by Crippen LogP contribution is 2.22. The van der Waals surface area contributed by atoms with Gasteiger partial charge in [-0.25, -0.2) is 0 Å². The minimum absolute atomic E-state index is 0.193. The van der Waals surface area contributed by atoms with Crippen molar-refractivity contribution in [3.05, 3.63) is 29.8 Å². The summed E-state index contributed by atoms with van der Waals surface area (Å²) < 4.78 is 10.7. The fraction of sp³-hybridized carbons (Fsp3) is 0.571. The van der Waals surface area contributed by atoms with Crippen molar-refractivity contribution in [2.24, 2.45) is 11.7 Å².